The number of benzene rings is 1. The van der Waals surface area contributed by atoms with Crippen molar-refractivity contribution in [1.29, 1.82) is 0 Å². The monoisotopic (exact) mass is 264 g/mol. The minimum atomic E-state index is -0.422. The summed E-state index contributed by atoms with van der Waals surface area (Å²) in [6, 6.07) is 7.13. The van der Waals surface area contributed by atoms with Crippen molar-refractivity contribution in [2.45, 2.75) is 26.3 Å². The molecule has 0 spiro atoms. The van der Waals surface area contributed by atoms with E-state index in [0.29, 0.717) is 25.1 Å². The predicted molar refractivity (Wildman–Crippen MR) is 72.5 cm³/mol. The van der Waals surface area contributed by atoms with Gasteiger partial charge in [0.1, 0.15) is 0 Å². The fourth-order valence-electron chi connectivity index (χ4n) is 1.61. The van der Waals surface area contributed by atoms with Gasteiger partial charge in [-0.15, -0.1) is 0 Å². The summed E-state index contributed by atoms with van der Waals surface area (Å²) < 4.78 is 4.83. The highest BCUT2D eigenvalue weighted by atomic mass is 16.5. The molecule has 5 heteroatoms. The molecule has 0 heterocycles. The maximum atomic E-state index is 11.1. The van der Waals surface area contributed by atoms with Crippen molar-refractivity contribution in [1.82, 2.24) is 5.32 Å². The Hall–Kier alpha value is -1.88. The Morgan fingerprint density at radius 2 is 1.95 bits per heavy atom. The molecule has 0 aliphatic rings. The van der Waals surface area contributed by atoms with Crippen LogP contribution in [0.15, 0.2) is 24.3 Å². The second-order valence-electron chi connectivity index (χ2n) is 4.15. The lowest BCUT2D eigenvalue weighted by Crippen LogP contribution is -2.17. The minimum Gasteiger partial charge on any atom is -0.466 e. The Kier molecular flexibility index (Phi) is 6.60. The van der Waals surface area contributed by atoms with E-state index in [1.54, 1.807) is 19.1 Å². The number of nitrogens with two attached hydrogens (primary N) is 1. The normalized spacial score (nSPS) is 10.2. The zero-order chi connectivity index (χ0) is 14.1. The van der Waals surface area contributed by atoms with E-state index < -0.39 is 5.91 Å². The molecule has 0 fully saturated rings. The smallest absolute Gasteiger partial charge is 0.305 e. The Bertz CT molecular complexity index is 415. The van der Waals surface area contributed by atoms with Gasteiger partial charge in [0.05, 0.1) is 6.61 Å². The molecule has 1 rings (SSSR count). The molecule has 5 nitrogen and oxygen atoms in total. The number of primary amides is 1. The molecule has 0 aromatic heterocycles. The van der Waals surface area contributed by atoms with Crippen molar-refractivity contribution in [3.05, 3.63) is 35.4 Å². The number of amides is 1. The molecular formula is C14H20N2O3. The van der Waals surface area contributed by atoms with Gasteiger partial charge in [0.15, 0.2) is 0 Å². The molecule has 0 aliphatic carbocycles. The predicted octanol–water partition coefficient (Wildman–Crippen LogP) is 1.22. The third kappa shape index (κ3) is 6.01. The first-order valence-corrected chi connectivity index (χ1v) is 6.38. The lowest BCUT2D eigenvalue weighted by molar-refractivity contribution is -0.143. The van der Waals surface area contributed by atoms with E-state index in [-0.39, 0.29) is 5.97 Å². The number of rotatable bonds is 8. The third-order valence-corrected chi connectivity index (χ3v) is 2.61. The van der Waals surface area contributed by atoms with Gasteiger partial charge in [-0.25, -0.2) is 0 Å². The van der Waals surface area contributed by atoms with E-state index in [4.69, 9.17) is 10.5 Å². The van der Waals surface area contributed by atoms with Gasteiger partial charge in [0, 0.05) is 18.5 Å². The van der Waals surface area contributed by atoms with E-state index in [1.165, 1.54) is 0 Å². The topological polar surface area (TPSA) is 81.4 Å². The largest absolute Gasteiger partial charge is 0.466 e. The van der Waals surface area contributed by atoms with Crippen LogP contribution in [0.1, 0.15) is 35.7 Å². The SMILES string of the molecule is CCOC(=O)CCCNCc1ccc(C(N)=O)cc1. The summed E-state index contributed by atoms with van der Waals surface area (Å²) in [7, 11) is 0. The number of carbonyl (C=O) groups is 2. The zero-order valence-corrected chi connectivity index (χ0v) is 11.1. The molecule has 0 radical (unpaired) electrons. The maximum absolute atomic E-state index is 11.1. The standard InChI is InChI=1S/C14H20N2O3/c1-2-19-13(17)4-3-9-16-10-11-5-7-12(8-6-11)14(15)18/h5-8,16H,2-4,9-10H2,1H3,(H2,15,18). The van der Waals surface area contributed by atoms with Crippen LogP contribution in [-0.2, 0) is 16.1 Å². The van der Waals surface area contributed by atoms with Gasteiger partial charge < -0.3 is 15.8 Å². The van der Waals surface area contributed by atoms with Crippen LogP contribution in [0, 0.1) is 0 Å². The quantitative estimate of drug-likeness (QED) is 0.546. The molecule has 1 amide bonds. The van der Waals surface area contributed by atoms with Crippen LogP contribution in [0.5, 0.6) is 0 Å². The highest BCUT2D eigenvalue weighted by Gasteiger charge is 2.01. The average molecular weight is 264 g/mol. The van der Waals surface area contributed by atoms with E-state index >= 15 is 0 Å². The van der Waals surface area contributed by atoms with Crippen LogP contribution in [0.4, 0.5) is 0 Å². The van der Waals surface area contributed by atoms with E-state index in [0.717, 1.165) is 18.5 Å². The van der Waals surface area contributed by atoms with E-state index in [9.17, 15) is 9.59 Å². The summed E-state index contributed by atoms with van der Waals surface area (Å²) in [5, 5.41) is 3.22. The second kappa shape index (κ2) is 8.26. The molecule has 0 unspecified atom stereocenters. The number of hydrogen-bond acceptors (Lipinski definition) is 4. The van der Waals surface area contributed by atoms with Crippen LogP contribution in [0.25, 0.3) is 0 Å². The molecule has 0 aliphatic heterocycles. The summed E-state index contributed by atoms with van der Waals surface area (Å²) in [5.74, 6) is -0.580. The summed E-state index contributed by atoms with van der Waals surface area (Å²) >= 11 is 0. The number of ether oxygens (including phenoxy) is 1. The Labute approximate surface area is 113 Å². The molecule has 0 bridgehead atoms. The third-order valence-electron chi connectivity index (χ3n) is 2.61. The lowest BCUT2D eigenvalue weighted by atomic mass is 10.1. The molecule has 0 atom stereocenters. The van der Waals surface area contributed by atoms with Crippen molar-refractivity contribution in [2.75, 3.05) is 13.2 Å². The maximum Gasteiger partial charge on any atom is 0.305 e. The number of nitrogens with one attached hydrogen (secondary N) is 1. The van der Waals surface area contributed by atoms with Crippen molar-refractivity contribution < 1.29 is 14.3 Å². The van der Waals surface area contributed by atoms with Crippen molar-refractivity contribution in [3.63, 3.8) is 0 Å². The molecule has 19 heavy (non-hydrogen) atoms. The zero-order valence-electron chi connectivity index (χ0n) is 11.1. The highest BCUT2D eigenvalue weighted by molar-refractivity contribution is 5.92. The van der Waals surface area contributed by atoms with Crippen LogP contribution < -0.4 is 11.1 Å². The first-order chi connectivity index (χ1) is 9.13. The summed E-state index contributed by atoms with van der Waals surface area (Å²) in [5.41, 5.74) is 6.73. The molecule has 0 saturated heterocycles. The number of esters is 1. The minimum absolute atomic E-state index is 0.157. The van der Waals surface area contributed by atoms with Crippen LogP contribution in [0.2, 0.25) is 0 Å². The molecule has 3 N–H and O–H groups in total. The number of hydrogen-bond donors (Lipinski definition) is 2. The Morgan fingerprint density at radius 1 is 1.26 bits per heavy atom. The van der Waals surface area contributed by atoms with Crippen molar-refractivity contribution in [3.8, 4) is 0 Å². The van der Waals surface area contributed by atoms with Crippen LogP contribution >= 0.6 is 0 Å². The van der Waals surface area contributed by atoms with Crippen molar-refractivity contribution in [2.24, 2.45) is 5.73 Å². The van der Waals surface area contributed by atoms with E-state index in [2.05, 4.69) is 5.32 Å². The Morgan fingerprint density at radius 3 is 2.53 bits per heavy atom. The first-order valence-electron chi connectivity index (χ1n) is 6.38. The molecule has 0 saturated carbocycles. The van der Waals surface area contributed by atoms with Gasteiger partial charge in [-0.2, -0.15) is 0 Å². The van der Waals surface area contributed by atoms with Gasteiger partial charge in [-0.1, -0.05) is 12.1 Å². The first kappa shape index (κ1) is 15.2. The summed E-state index contributed by atoms with van der Waals surface area (Å²) in [6.45, 7) is 3.67. The molecule has 1 aromatic carbocycles. The van der Waals surface area contributed by atoms with Gasteiger partial charge >= 0.3 is 5.97 Å². The Balaban J connectivity index is 2.19. The fourth-order valence-corrected chi connectivity index (χ4v) is 1.61. The average Bonchev–Trinajstić information content (AvgIpc) is 2.39. The fraction of sp³-hybridized carbons (Fsp3) is 0.429. The van der Waals surface area contributed by atoms with Crippen LogP contribution in [-0.4, -0.2) is 25.0 Å². The molecule has 104 valence electrons. The summed E-state index contributed by atoms with van der Waals surface area (Å²) in [4.78, 5) is 22.0. The van der Waals surface area contributed by atoms with Gasteiger partial charge in [0.2, 0.25) is 5.91 Å². The van der Waals surface area contributed by atoms with Crippen LogP contribution in [0.3, 0.4) is 0 Å². The van der Waals surface area contributed by atoms with Gasteiger partial charge in [-0.05, 0) is 37.6 Å². The number of carbonyl (C=O) groups excluding carboxylic acids is 2. The summed E-state index contributed by atoms with van der Waals surface area (Å²) in [6.07, 6.45) is 1.18. The van der Waals surface area contributed by atoms with Gasteiger partial charge in [0.25, 0.3) is 0 Å². The second-order valence-corrected chi connectivity index (χ2v) is 4.15. The van der Waals surface area contributed by atoms with E-state index in [1.807, 2.05) is 12.1 Å². The molecule has 1 aromatic rings. The lowest BCUT2D eigenvalue weighted by Gasteiger charge is -2.05. The van der Waals surface area contributed by atoms with Gasteiger partial charge in [-0.3, -0.25) is 9.59 Å². The molecular weight excluding hydrogens is 244 g/mol. The van der Waals surface area contributed by atoms with Crippen molar-refractivity contribution >= 4 is 11.9 Å². The highest BCUT2D eigenvalue weighted by Crippen LogP contribution is 2.03.